The zero-order valence-electron chi connectivity index (χ0n) is 14.4. The normalized spacial score (nSPS) is 15.9. The number of benzene rings is 3. The molecule has 0 radical (unpaired) electrons. The van der Waals surface area contributed by atoms with Crippen LogP contribution in [0.25, 0.3) is 10.8 Å². The maximum Gasteiger partial charge on any atom is 0.318 e. The second-order valence-electron chi connectivity index (χ2n) is 6.37. The Morgan fingerprint density at radius 1 is 1.19 bits per heavy atom. The van der Waals surface area contributed by atoms with Gasteiger partial charge in [-0.3, -0.25) is 14.9 Å². The summed E-state index contributed by atoms with van der Waals surface area (Å²) in [5, 5.41) is 26.5. The third-order valence-electron chi connectivity index (χ3n) is 4.89. The van der Waals surface area contributed by atoms with Crippen LogP contribution in [-0.2, 0) is 4.79 Å². The van der Waals surface area contributed by atoms with E-state index in [2.05, 4.69) is 5.32 Å². The predicted octanol–water partition coefficient (Wildman–Crippen LogP) is 3.94. The Labute approximate surface area is 154 Å². The number of aromatic hydroxyl groups is 1. The number of fused-ring (bicyclic) bond motifs is 3. The molecule has 0 saturated carbocycles. The number of rotatable bonds is 3. The quantitative estimate of drug-likeness (QED) is 0.541. The Kier molecular flexibility index (Phi) is 3.92. The van der Waals surface area contributed by atoms with Crippen LogP contribution < -0.4 is 10.1 Å². The minimum atomic E-state index is -0.578. The fraction of sp³-hybridized carbons (Fsp3) is 0.150. The van der Waals surface area contributed by atoms with Crippen molar-refractivity contribution in [2.75, 3.05) is 12.4 Å². The van der Waals surface area contributed by atoms with Gasteiger partial charge in [-0.2, -0.15) is 0 Å². The summed E-state index contributed by atoms with van der Waals surface area (Å²) in [5.41, 5.74) is 1.47. The van der Waals surface area contributed by atoms with Gasteiger partial charge < -0.3 is 15.2 Å². The highest BCUT2D eigenvalue weighted by Gasteiger charge is 2.35. The number of nitrogens with zero attached hydrogens (tertiary/aromatic N) is 1. The molecule has 1 aliphatic rings. The van der Waals surface area contributed by atoms with E-state index in [0.29, 0.717) is 11.3 Å². The van der Waals surface area contributed by atoms with Gasteiger partial charge in [0.2, 0.25) is 11.7 Å². The van der Waals surface area contributed by atoms with Crippen molar-refractivity contribution >= 4 is 28.1 Å². The van der Waals surface area contributed by atoms with Crippen molar-refractivity contribution in [1.29, 1.82) is 0 Å². The summed E-state index contributed by atoms with van der Waals surface area (Å²) >= 11 is 0. The molecule has 0 spiro atoms. The molecule has 27 heavy (non-hydrogen) atoms. The highest BCUT2D eigenvalue weighted by Crippen LogP contribution is 2.48. The molecule has 3 aromatic rings. The fourth-order valence-corrected chi connectivity index (χ4v) is 3.78. The molecule has 1 aliphatic heterocycles. The molecule has 2 N–H and O–H groups in total. The Hall–Kier alpha value is -3.61. The van der Waals surface area contributed by atoms with Crippen molar-refractivity contribution in [3.8, 4) is 11.5 Å². The zero-order valence-corrected chi connectivity index (χ0v) is 14.4. The lowest BCUT2D eigenvalue weighted by Crippen LogP contribution is -2.24. The standard InChI is InChI=1S/C20H16N2O5/c1-27-20-16(23)9-7-13(19(20)22(25)26)14-10-17(24)21-15-8-6-11-4-2-3-5-12(11)18(14)15/h2-9,14,23H,10H2,1H3,(H,21,24)/t14-/m0/s1. The summed E-state index contributed by atoms with van der Waals surface area (Å²) in [6.07, 6.45) is 0.0653. The number of phenols is 1. The van der Waals surface area contributed by atoms with E-state index < -0.39 is 10.8 Å². The molecule has 7 nitrogen and oxygen atoms in total. The number of nitro groups is 1. The molecule has 1 amide bonds. The number of carbonyl (C=O) groups excluding carboxylic acids is 1. The third kappa shape index (κ3) is 2.64. The van der Waals surface area contributed by atoms with Crippen molar-refractivity contribution in [3.05, 3.63) is 69.8 Å². The number of nitrogens with one attached hydrogen (secondary N) is 1. The Morgan fingerprint density at radius 3 is 2.70 bits per heavy atom. The van der Waals surface area contributed by atoms with Crippen LogP contribution in [0.15, 0.2) is 48.5 Å². The number of nitro benzene ring substituents is 1. The third-order valence-corrected chi connectivity index (χ3v) is 4.89. The Balaban J connectivity index is 2.04. The molecule has 0 saturated heterocycles. The minimum absolute atomic E-state index is 0.0653. The van der Waals surface area contributed by atoms with Crippen LogP contribution in [0.4, 0.5) is 11.4 Å². The van der Waals surface area contributed by atoms with Gasteiger partial charge in [0.1, 0.15) is 0 Å². The molecular formula is C20H16N2O5. The molecule has 0 aromatic heterocycles. The van der Waals surface area contributed by atoms with Gasteiger partial charge in [0.15, 0.2) is 5.75 Å². The van der Waals surface area contributed by atoms with E-state index in [4.69, 9.17) is 4.74 Å². The highest BCUT2D eigenvalue weighted by atomic mass is 16.6. The molecule has 0 fully saturated rings. The van der Waals surface area contributed by atoms with Crippen molar-refractivity contribution in [2.45, 2.75) is 12.3 Å². The molecule has 0 aliphatic carbocycles. The van der Waals surface area contributed by atoms with Gasteiger partial charge in [-0.05, 0) is 34.5 Å². The number of hydrogen-bond donors (Lipinski definition) is 2. The first-order valence-electron chi connectivity index (χ1n) is 8.37. The summed E-state index contributed by atoms with van der Waals surface area (Å²) in [7, 11) is 1.27. The van der Waals surface area contributed by atoms with Gasteiger partial charge in [0, 0.05) is 23.6 Å². The Morgan fingerprint density at radius 2 is 1.96 bits per heavy atom. The van der Waals surface area contributed by atoms with E-state index in [1.165, 1.54) is 19.2 Å². The minimum Gasteiger partial charge on any atom is -0.504 e. The summed E-state index contributed by atoms with van der Waals surface area (Å²) in [6, 6.07) is 14.3. The van der Waals surface area contributed by atoms with Crippen LogP contribution in [0.1, 0.15) is 23.5 Å². The van der Waals surface area contributed by atoms with Crippen molar-refractivity contribution in [3.63, 3.8) is 0 Å². The molecule has 1 heterocycles. The molecule has 1 atom stereocenters. The molecule has 7 heteroatoms. The number of anilines is 1. The monoisotopic (exact) mass is 364 g/mol. The first-order chi connectivity index (χ1) is 13.0. The molecule has 0 unspecified atom stereocenters. The first kappa shape index (κ1) is 16.8. The summed E-state index contributed by atoms with van der Waals surface area (Å²) in [6.45, 7) is 0. The topological polar surface area (TPSA) is 102 Å². The van der Waals surface area contributed by atoms with Gasteiger partial charge >= 0.3 is 5.69 Å². The van der Waals surface area contributed by atoms with E-state index in [1.807, 2.05) is 36.4 Å². The Bertz CT molecular complexity index is 1090. The number of methoxy groups -OCH3 is 1. The number of hydrogen-bond acceptors (Lipinski definition) is 5. The van der Waals surface area contributed by atoms with Crippen LogP contribution in [0.2, 0.25) is 0 Å². The average molecular weight is 364 g/mol. The zero-order chi connectivity index (χ0) is 19.1. The second kappa shape index (κ2) is 6.28. The van der Waals surface area contributed by atoms with Gasteiger partial charge in [0.05, 0.1) is 12.0 Å². The van der Waals surface area contributed by atoms with Gasteiger partial charge in [-0.1, -0.05) is 30.3 Å². The lowest BCUT2D eigenvalue weighted by Gasteiger charge is -2.27. The van der Waals surface area contributed by atoms with Crippen molar-refractivity contribution in [1.82, 2.24) is 0 Å². The maximum absolute atomic E-state index is 12.3. The van der Waals surface area contributed by atoms with Crippen LogP contribution in [-0.4, -0.2) is 23.0 Å². The van der Waals surface area contributed by atoms with Crippen molar-refractivity contribution < 1.29 is 19.6 Å². The summed E-state index contributed by atoms with van der Waals surface area (Å²) in [5.74, 6) is -1.27. The summed E-state index contributed by atoms with van der Waals surface area (Å²) < 4.78 is 5.08. The molecule has 4 rings (SSSR count). The smallest absolute Gasteiger partial charge is 0.318 e. The van der Waals surface area contributed by atoms with Crippen LogP contribution in [0.3, 0.4) is 0 Å². The molecule has 0 bridgehead atoms. The van der Waals surface area contributed by atoms with Crippen molar-refractivity contribution in [2.24, 2.45) is 0 Å². The number of phenolic OH excluding ortho intramolecular Hbond substituents is 1. The highest BCUT2D eigenvalue weighted by molar-refractivity contribution is 6.01. The van der Waals surface area contributed by atoms with Gasteiger partial charge in [-0.25, -0.2) is 0 Å². The van der Waals surface area contributed by atoms with Gasteiger partial charge in [0.25, 0.3) is 0 Å². The average Bonchev–Trinajstić information content (AvgIpc) is 2.66. The molecule has 3 aromatic carbocycles. The van der Waals surface area contributed by atoms with Gasteiger partial charge in [-0.15, -0.1) is 0 Å². The summed E-state index contributed by atoms with van der Waals surface area (Å²) in [4.78, 5) is 23.5. The van der Waals surface area contributed by atoms with E-state index in [-0.39, 0.29) is 29.5 Å². The largest absolute Gasteiger partial charge is 0.504 e. The van der Waals surface area contributed by atoms with E-state index in [9.17, 15) is 20.0 Å². The lowest BCUT2D eigenvalue weighted by atomic mass is 9.81. The van der Waals surface area contributed by atoms with Crippen LogP contribution >= 0.6 is 0 Å². The number of carbonyl (C=O) groups is 1. The van der Waals surface area contributed by atoms with Crippen LogP contribution in [0, 0.1) is 10.1 Å². The van der Waals surface area contributed by atoms with E-state index in [1.54, 1.807) is 0 Å². The first-order valence-corrected chi connectivity index (χ1v) is 8.37. The SMILES string of the molecule is COc1c(O)ccc([C@@H]2CC(=O)Nc3ccc4ccccc4c32)c1[N+](=O)[O-]. The molecule has 136 valence electrons. The maximum atomic E-state index is 12.3. The fourth-order valence-electron chi connectivity index (χ4n) is 3.78. The predicted molar refractivity (Wildman–Crippen MR) is 100 cm³/mol. The molecular weight excluding hydrogens is 348 g/mol. The van der Waals surface area contributed by atoms with E-state index >= 15 is 0 Å². The number of amides is 1. The second-order valence-corrected chi connectivity index (χ2v) is 6.37. The van der Waals surface area contributed by atoms with Crippen LogP contribution in [0.5, 0.6) is 11.5 Å². The lowest BCUT2D eigenvalue weighted by molar-refractivity contribution is -0.386. The number of ether oxygens (including phenoxy) is 1. The van der Waals surface area contributed by atoms with E-state index in [0.717, 1.165) is 16.3 Å².